The molecule has 0 saturated heterocycles. The molecule has 0 rings (SSSR count). The van der Waals surface area contributed by atoms with Crippen LogP contribution in [0, 0.1) is 0 Å². The zero-order valence-electron chi connectivity index (χ0n) is 11.4. The van der Waals surface area contributed by atoms with Crippen molar-refractivity contribution in [3.05, 3.63) is 0 Å². The summed E-state index contributed by atoms with van der Waals surface area (Å²) in [5.74, 6) is 0.222. The molecule has 0 unspecified atom stereocenters. The summed E-state index contributed by atoms with van der Waals surface area (Å²) in [7, 11) is 0.901. The van der Waals surface area contributed by atoms with E-state index in [0.717, 1.165) is 19.4 Å². The fourth-order valence-electron chi connectivity index (χ4n) is 1.62. The summed E-state index contributed by atoms with van der Waals surface area (Å²) in [4.78, 5) is 2.06. The van der Waals surface area contributed by atoms with Gasteiger partial charge in [-0.1, -0.05) is 6.92 Å². The van der Waals surface area contributed by atoms with Crippen LogP contribution in [0.25, 0.3) is 0 Å². The molecule has 0 saturated carbocycles. The van der Waals surface area contributed by atoms with E-state index in [9.17, 15) is 8.42 Å². The second-order valence-electron chi connectivity index (χ2n) is 4.46. The van der Waals surface area contributed by atoms with Crippen LogP contribution in [-0.4, -0.2) is 63.7 Å². The first-order valence-corrected chi connectivity index (χ1v) is 7.87. The van der Waals surface area contributed by atoms with E-state index in [2.05, 4.69) is 4.90 Å². The molecular formula is C11H27N3O2S. The highest BCUT2D eigenvalue weighted by Gasteiger charge is 2.19. The molecule has 0 fully saturated rings. The molecule has 17 heavy (non-hydrogen) atoms. The van der Waals surface area contributed by atoms with Gasteiger partial charge >= 0.3 is 0 Å². The van der Waals surface area contributed by atoms with Crippen molar-refractivity contribution in [1.29, 1.82) is 0 Å². The van der Waals surface area contributed by atoms with E-state index < -0.39 is 10.0 Å². The Morgan fingerprint density at radius 3 is 2.18 bits per heavy atom. The maximum absolute atomic E-state index is 12.0. The lowest BCUT2D eigenvalue weighted by Crippen LogP contribution is -2.35. The van der Waals surface area contributed by atoms with Crippen LogP contribution in [-0.2, 0) is 10.0 Å². The van der Waals surface area contributed by atoms with E-state index in [0.29, 0.717) is 26.1 Å². The maximum atomic E-state index is 12.0. The number of hydrogen-bond donors (Lipinski definition) is 1. The number of nitrogens with zero attached hydrogens (tertiary/aromatic N) is 2. The molecule has 0 aliphatic carbocycles. The van der Waals surface area contributed by atoms with Crippen molar-refractivity contribution in [3.63, 3.8) is 0 Å². The highest BCUT2D eigenvalue weighted by Crippen LogP contribution is 2.05. The van der Waals surface area contributed by atoms with E-state index in [-0.39, 0.29) is 5.75 Å². The number of sulfonamides is 1. The number of rotatable bonds is 10. The van der Waals surface area contributed by atoms with Gasteiger partial charge in [0.1, 0.15) is 0 Å². The fraction of sp³-hybridized carbons (Fsp3) is 1.00. The fourth-order valence-corrected chi connectivity index (χ4v) is 3.24. The second-order valence-corrected chi connectivity index (χ2v) is 6.55. The Balaban J connectivity index is 4.13. The molecule has 2 N–H and O–H groups in total. The van der Waals surface area contributed by atoms with Gasteiger partial charge in [0.05, 0.1) is 5.75 Å². The Kier molecular flexibility index (Phi) is 8.77. The van der Waals surface area contributed by atoms with E-state index >= 15 is 0 Å². The Morgan fingerprint density at radius 1 is 1.06 bits per heavy atom. The molecule has 6 heteroatoms. The van der Waals surface area contributed by atoms with Crippen LogP contribution >= 0.6 is 0 Å². The Labute approximate surface area is 106 Å². The molecule has 0 aliphatic rings. The quantitative estimate of drug-likeness (QED) is 0.578. The summed E-state index contributed by atoms with van der Waals surface area (Å²) in [6, 6.07) is 0. The van der Waals surface area contributed by atoms with E-state index in [4.69, 9.17) is 5.73 Å². The SMILES string of the molecule is CCN(CCCN(C)C)S(=O)(=O)CCCCN. The monoisotopic (exact) mass is 265 g/mol. The van der Waals surface area contributed by atoms with Gasteiger partial charge in [-0.05, 0) is 46.4 Å². The molecule has 0 aromatic rings. The van der Waals surface area contributed by atoms with E-state index in [1.165, 1.54) is 0 Å². The van der Waals surface area contributed by atoms with Crippen LogP contribution in [0.5, 0.6) is 0 Å². The van der Waals surface area contributed by atoms with Crippen LogP contribution < -0.4 is 5.73 Å². The predicted octanol–water partition coefficient (Wildman–Crippen LogP) is 0.329. The lowest BCUT2D eigenvalue weighted by atomic mass is 10.3. The molecular weight excluding hydrogens is 238 g/mol. The van der Waals surface area contributed by atoms with Gasteiger partial charge < -0.3 is 10.6 Å². The van der Waals surface area contributed by atoms with Gasteiger partial charge in [0.25, 0.3) is 0 Å². The highest BCUT2D eigenvalue weighted by atomic mass is 32.2. The van der Waals surface area contributed by atoms with Crippen molar-refractivity contribution >= 4 is 10.0 Å². The van der Waals surface area contributed by atoms with Crippen LogP contribution in [0.2, 0.25) is 0 Å². The molecule has 0 aromatic carbocycles. The van der Waals surface area contributed by atoms with Crippen molar-refractivity contribution in [2.24, 2.45) is 5.73 Å². The number of nitrogens with two attached hydrogens (primary N) is 1. The predicted molar refractivity (Wildman–Crippen MR) is 72.5 cm³/mol. The third kappa shape index (κ3) is 7.70. The Bertz CT molecular complexity index is 278. The van der Waals surface area contributed by atoms with E-state index in [1.807, 2.05) is 21.0 Å². The molecule has 104 valence electrons. The molecule has 0 spiro atoms. The minimum Gasteiger partial charge on any atom is -0.330 e. The minimum absolute atomic E-state index is 0.222. The van der Waals surface area contributed by atoms with Crippen molar-refractivity contribution in [1.82, 2.24) is 9.21 Å². The average Bonchev–Trinajstić information content (AvgIpc) is 2.24. The Hall–Kier alpha value is -0.170. The van der Waals surface area contributed by atoms with Crippen LogP contribution in [0.4, 0.5) is 0 Å². The smallest absolute Gasteiger partial charge is 0.214 e. The van der Waals surface area contributed by atoms with Crippen LogP contribution in [0.15, 0.2) is 0 Å². The van der Waals surface area contributed by atoms with Crippen molar-refractivity contribution in [2.75, 3.05) is 46.0 Å². The van der Waals surface area contributed by atoms with Crippen molar-refractivity contribution < 1.29 is 8.42 Å². The van der Waals surface area contributed by atoms with Gasteiger partial charge in [-0.2, -0.15) is 0 Å². The zero-order valence-corrected chi connectivity index (χ0v) is 12.2. The Morgan fingerprint density at radius 2 is 1.71 bits per heavy atom. The summed E-state index contributed by atoms with van der Waals surface area (Å²) in [6.07, 6.45) is 2.30. The lowest BCUT2D eigenvalue weighted by Gasteiger charge is -2.21. The third-order valence-corrected chi connectivity index (χ3v) is 4.65. The van der Waals surface area contributed by atoms with E-state index in [1.54, 1.807) is 4.31 Å². The first kappa shape index (κ1) is 16.8. The van der Waals surface area contributed by atoms with Gasteiger partial charge in [0.2, 0.25) is 10.0 Å². The summed E-state index contributed by atoms with van der Waals surface area (Å²) < 4.78 is 25.5. The molecule has 0 heterocycles. The summed E-state index contributed by atoms with van der Waals surface area (Å²) >= 11 is 0. The summed E-state index contributed by atoms with van der Waals surface area (Å²) in [5.41, 5.74) is 5.37. The standard InChI is InChI=1S/C11H27N3O2S/c1-4-14(10-7-9-13(2)3)17(15,16)11-6-5-8-12/h4-12H2,1-3H3. The highest BCUT2D eigenvalue weighted by molar-refractivity contribution is 7.89. The van der Waals surface area contributed by atoms with Gasteiger partial charge in [0, 0.05) is 13.1 Å². The second kappa shape index (κ2) is 8.85. The van der Waals surface area contributed by atoms with Crippen molar-refractivity contribution in [2.45, 2.75) is 26.2 Å². The van der Waals surface area contributed by atoms with Crippen molar-refractivity contribution in [3.8, 4) is 0 Å². The minimum atomic E-state index is -3.08. The maximum Gasteiger partial charge on any atom is 0.214 e. The molecule has 0 atom stereocenters. The molecule has 0 amide bonds. The van der Waals surface area contributed by atoms with Gasteiger partial charge in [-0.3, -0.25) is 0 Å². The summed E-state index contributed by atoms with van der Waals surface area (Å²) in [5, 5.41) is 0. The molecule has 0 aliphatic heterocycles. The first-order chi connectivity index (χ1) is 7.94. The van der Waals surface area contributed by atoms with Gasteiger partial charge in [-0.25, -0.2) is 12.7 Å². The summed E-state index contributed by atoms with van der Waals surface area (Å²) in [6.45, 7) is 4.52. The van der Waals surface area contributed by atoms with Crippen LogP contribution in [0.1, 0.15) is 26.2 Å². The third-order valence-electron chi connectivity index (χ3n) is 2.62. The van der Waals surface area contributed by atoms with Gasteiger partial charge in [-0.15, -0.1) is 0 Å². The number of hydrogen-bond acceptors (Lipinski definition) is 4. The topological polar surface area (TPSA) is 66.6 Å². The molecule has 0 aromatic heterocycles. The largest absolute Gasteiger partial charge is 0.330 e. The van der Waals surface area contributed by atoms with Gasteiger partial charge in [0.15, 0.2) is 0 Å². The average molecular weight is 265 g/mol. The molecule has 5 nitrogen and oxygen atoms in total. The van der Waals surface area contributed by atoms with Crippen LogP contribution in [0.3, 0.4) is 0 Å². The lowest BCUT2D eigenvalue weighted by molar-refractivity contribution is 0.356. The normalized spacial score (nSPS) is 12.6. The first-order valence-electron chi connectivity index (χ1n) is 6.26. The number of unbranched alkanes of at least 4 members (excludes halogenated alkanes) is 1. The molecule has 0 bridgehead atoms. The molecule has 0 radical (unpaired) electrons. The zero-order chi connectivity index (χ0) is 13.3.